The maximum absolute atomic E-state index is 13.7. The maximum Gasteiger partial charge on any atom is 0.338 e. The molecule has 2 heterocycles. The molecule has 0 radical (unpaired) electrons. The summed E-state index contributed by atoms with van der Waals surface area (Å²) in [6, 6.07) is 10.6. The van der Waals surface area contributed by atoms with Crippen LogP contribution in [0.1, 0.15) is 35.7 Å². The number of fused-ring (bicyclic) bond motifs is 1. The fraction of sp³-hybridized carbons (Fsp3) is 0.385. The van der Waals surface area contributed by atoms with Crippen molar-refractivity contribution in [2.45, 2.75) is 37.3 Å². The van der Waals surface area contributed by atoms with Gasteiger partial charge in [0.05, 0.1) is 42.9 Å². The lowest BCUT2D eigenvalue weighted by Gasteiger charge is -2.25. The summed E-state index contributed by atoms with van der Waals surface area (Å²) in [6.07, 6.45) is 1.28. The zero-order valence-electron chi connectivity index (χ0n) is 21.0. The number of carbonyl (C=O) groups excluding carboxylic acids is 1. The number of methoxy groups -OCH3 is 2. The van der Waals surface area contributed by atoms with Gasteiger partial charge in [-0.1, -0.05) is 0 Å². The van der Waals surface area contributed by atoms with Gasteiger partial charge in [0.1, 0.15) is 0 Å². The lowest BCUT2D eigenvalue weighted by Crippen LogP contribution is -2.38. The lowest BCUT2D eigenvalue weighted by molar-refractivity contribution is 0.0526. The van der Waals surface area contributed by atoms with Crippen LogP contribution in [-0.4, -0.2) is 63.8 Å². The summed E-state index contributed by atoms with van der Waals surface area (Å²) in [4.78, 5) is 27.8. The van der Waals surface area contributed by atoms with Crippen molar-refractivity contribution < 1.29 is 32.2 Å². The molecule has 0 amide bonds. The van der Waals surface area contributed by atoms with E-state index in [1.165, 1.54) is 42.8 Å². The Hall–Kier alpha value is -3.41. The Morgan fingerprint density at radius 1 is 1.11 bits per heavy atom. The molecule has 1 aliphatic rings. The fourth-order valence-electron chi connectivity index (χ4n) is 4.28. The summed E-state index contributed by atoms with van der Waals surface area (Å²) in [5.41, 5.74) is 0.644. The highest BCUT2D eigenvalue weighted by Crippen LogP contribution is 2.31. The summed E-state index contributed by atoms with van der Waals surface area (Å²) in [6.45, 7) is 2.39. The first-order chi connectivity index (χ1) is 17.8. The Morgan fingerprint density at radius 2 is 1.81 bits per heavy atom. The Kier molecular flexibility index (Phi) is 8.16. The van der Waals surface area contributed by atoms with Crippen LogP contribution in [-0.2, 0) is 26.0 Å². The second kappa shape index (κ2) is 11.3. The van der Waals surface area contributed by atoms with Crippen LogP contribution in [0.5, 0.6) is 11.5 Å². The molecular weight excluding hydrogens is 500 g/mol. The third-order valence-electron chi connectivity index (χ3n) is 6.21. The van der Waals surface area contributed by atoms with Crippen molar-refractivity contribution in [1.29, 1.82) is 0 Å². The van der Waals surface area contributed by atoms with Crippen LogP contribution < -0.4 is 15.0 Å². The van der Waals surface area contributed by atoms with Crippen LogP contribution in [0.2, 0.25) is 0 Å². The SMILES string of the molecule is CCOC(=O)c1ccc(S(=O)(=O)N(Cc2cc3cc(OC)c(OC)cc3[nH]c2=O)CC2CCCO2)cc1. The molecule has 37 heavy (non-hydrogen) atoms. The highest BCUT2D eigenvalue weighted by molar-refractivity contribution is 7.89. The van der Waals surface area contributed by atoms with E-state index in [9.17, 15) is 18.0 Å². The Balaban J connectivity index is 1.70. The van der Waals surface area contributed by atoms with E-state index in [0.29, 0.717) is 29.0 Å². The van der Waals surface area contributed by atoms with Gasteiger partial charge in [0, 0.05) is 36.7 Å². The molecule has 0 spiro atoms. The molecule has 1 fully saturated rings. The molecule has 1 unspecified atom stereocenters. The zero-order valence-corrected chi connectivity index (χ0v) is 21.8. The number of ether oxygens (including phenoxy) is 4. The van der Waals surface area contributed by atoms with Crippen molar-refractivity contribution in [1.82, 2.24) is 9.29 Å². The fourth-order valence-corrected chi connectivity index (χ4v) is 5.72. The second-order valence-electron chi connectivity index (χ2n) is 8.60. The van der Waals surface area contributed by atoms with Crippen LogP contribution >= 0.6 is 0 Å². The topological polar surface area (TPSA) is 124 Å². The second-order valence-corrected chi connectivity index (χ2v) is 10.5. The van der Waals surface area contributed by atoms with Crippen molar-refractivity contribution in [3.05, 3.63) is 63.9 Å². The van der Waals surface area contributed by atoms with Gasteiger partial charge in [-0.25, -0.2) is 13.2 Å². The maximum atomic E-state index is 13.7. The first-order valence-corrected chi connectivity index (χ1v) is 13.4. The molecule has 0 saturated carbocycles. The van der Waals surface area contributed by atoms with E-state index in [4.69, 9.17) is 18.9 Å². The molecule has 1 aromatic heterocycles. The van der Waals surface area contributed by atoms with Gasteiger partial charge >= 0.3 is 5.97 Å². The summed E-state index contributed by atoms with van der Waals surface area (Å²) in [7, 11) is -1.01. The van der Waals surface area contributed by atoms with Crippen molar-refractivity contribution in [3.63, 3.8) is 0 Å². The highest BCUT2D eigenvalue weighted by atomic mass is 32.2. The van der Waals surface area contributed by atoms with Gasteiger partial charge in [0.2, 0.25) is 10.0 Å². The van der Waals surface area contributed by atoms with Crippen LogP contribution in [0.15, 0.2) is 52.2 Å². The Morgan fingerprint density at radius 3 is 2.43 bits per heavy atom. The third-order valence-corrected chi connectivity index (χ3v) is 8.03. The number of nitrogens with one attached hydrogen (secondary N) is 1. The normalized spacial score (nSPS) is 15.7. The van der Waals surface area contributed by atoms with E-state index in [2.05, 4.69) is 4.98 Å². The quantitative estimate of drug-likeness (QED) is 0.397. The van der Waals surface area contributed by atoms with Crippen LogP contribution in [0.4, 0.5) is 0 Å². The molecule has 1 saturated heterocycles. The smallest absolute Gasteiger partial charge is 0.338 e. The number of sulfonamides is 1. The summed E-state index contributed by atoms with van der Waals surface area (Å²) in [5.74, 6) is 0.420. The van der Waals surface area contributed by atoms with E-state index < -0.39 is 21.6 Å². The van der Waals surface area contributed by atoms with Crippen LogP contribution in [0, 0.1) is 0 Å². The molecule has 0 aliphatic carbocycles. The van der Waals surface area contributed by atoms with Crippen molar-refractivity contribution in [2.24, 2.45) is 0 Å². The predicted octanol–water partition coefficient (Wildman–Crippen LogP) is 3.09. The third kappa shape index (κ3) is 5.79. The minimum Gasteiger partial charge on any atom is -0.493 e. The number of benzene rings is 2. The monoisotopic (exact) mass is 530 g/mol. The average molecular weight is 531 g/mol. The molecule has 1 aliphatic heterocycles. The minimum atomic E-state index is -4.03. The van der Waals surface area contributed by atoms with Crippen LogP contribution in [0.25, 0.3) is 10.9 Å². The standard InChI is InChI=1S/C26H30N2O8S/c1-4-35-26(30)17-7-9-21(10-8-17)37(31,32)28(16-20-6-5-11-36-20)15-19-12-18-13-23(33-2)24(34-3)14-22(18)27-25(19)29/h7-10,12-14,20H,4-6,11,15-16H2,1-3H3,(H,27,29). The van der Waals surface area contributed by atoms with Gasteiger partial charge in [-0.15, -0.1) is 0 Å². The first-order valence-electron chi connectivity index (χ1n) is 11.9. The van der Waals surface area contributed by atoms with E-state index in [1.54, 1.807) is 25.1 Å². The van der Waals surface area contributed by atoms with E-state index in [0.717, 1.165) is 12.8 Å². The Bertz CT molecular complexity index is 1430. The number of carbonyl (C=O) groups is 1. The Labute approximate surface area is 215 Å². The van der Waals surface area contributed by atoms with Gasteiger partial charge in [-0.3, -0.25) is 4.79 Å². The van der Waals surface area contributed by atoms with Crippen molar-refractivity contribution in [3.8, 4) is 11.5 Å². The number of hydrogen-bond acceptors (Lipinski definition) is 8. The number of hydrogen-bond donors (Lipinski definition) is 1. The van der Waals surface area contributed by atoms with Gasteiger partial charge in [0.15, 0.2) is 11.5 Å². The summed E-state index contributed by atoms with van der Waals surface area (Å²) >= 11 is 0. The number of H-pyrrole nitrogens is 1. The minimum absolute atomic E-state index is 0.00201. The molecule has 4 rings (SSSR count). The van der Waals surface area contributed by atoms with Gasteiger partial charge in [0.25, 0.3) is 5.56 Å². The van der Waals surface area contributed by atoms with Gasteiger partial charge in [-0.05, 0) is 56.2 Å². The van der Waals surface area contributed by atoms with E-state index >= 15 is 0 Å². The average Bonchev–Trinajstić information content (AvgIpc) is 3.41. The molecule has 1 N–H and O–H groups in total. The number of nitrogens with zero attached hydrogens (tertiary/aromatic N) is 1. The molecule has 3 aromatic rings. The molecule has 0 bridgehead atoms. The van der Waals surface area contributed by atoms with Crippen LogP contribution in [0.3, 0.4) is 0 Å². The number of rotatable bonds is 10. The lowest BCUT2D eigenvalue weighted by atomic mass is 10.1. The number of aromatic nitrogens is 1. The largest absolute Gasteiger partial charge is 0.493 e. The molecular formula is C26H30N2O8S. The summed E-state index contributed by atoms with van der Waals surface area (Å²) in [5, 5.41) is 0.667. The number of aromatic amines is 1. The first kappa shape index (κ1) is 26.6. The van der Waals surface area contributed by atoms with Crippen molar-refractivity contribution >= 4 is 26.9 Å². The number of pyridine rings is 1. The zero-order chi connectivity index (χ0) is 26.6. The molecule has 10 nitrogen and oxygen atoms in total. The number of esters is 1. The molecule has 2 aromatic carbocycles. The summed E-state index contributed by atoms with van der Waals surface area (Å²) < 4.78 is 50.0. The highest BCUT2D eigenvalue weighted by Gasteiger charge is 2.30. The van der Waals surface area contributed by atoms with Gasteiger partial charge in [-0.2, -0.15) is 4.31 Å². The van der Waals surface area contributed by atoms with E-state index in [-0.39, 0.29) is 41.8 Å². The predicted molar refractivity (Wildman–Crippen MR) is 137 cm³/mol. The molecule has 1 atom stereocenters. The molecule has 198 valence electrons. The van der Waals surface area contributed by atoms with Gasteiger partial charge < -0.3 is 23.9 Å². The van der Waals surface area contributed by atoms with Crippen molar-refractivity contribution in [2.75, 3.05) is 34.0 Å². The molecule has 11 heteroatoms. The van der Waals surface area contributed by atoms with E-state index in [1.807, 2.05) is 0 Å².